The number of nitrogens with one attached hydrogen (secondary N) is 1. The third-order valence-corrected chi connectivity index (χ3v) is 3.58. The van der Waals surface area contributed by atoms with Gasteiger partial charge >= 0.3 is 0 Å². The number of nitrogens with two attached hydrogens (primary N) is 1. The number of halogens is 1. The summed E-state index contributed by atoms with van der Waals surface area (Å²) in [5, 5.41) is 0.754. The molecule has 5 heteroatoms. The van der Waals surface area contributed by atoms with E-state index in [0.29, 0.717) is 0 Å². The molecular formula is C13H20ClN3O. The van der Waals surface area contributed by atoms with Crippen LogP contribution in [0.3, 0.4) is 0 Å². The van der Waals surface area contributed by atoms with Crippen molar-refractivity contribution < 1.29 is 4.74 Å². The normalized spacial score (nSPS) is 22.9. The molecule has 0 radical (unpaired) electrons. The minimum Gasteiger partial charge on any atom is -0.374 e. The third kappa shape index (κ3) is 3.67. The molecule has 0 saturated carbocycles. The van der Waals surface area contributed by atoms with Gasteiger partial charge in [-0.3, -0.25) is 11.3 Å². The maximum absolute atomic E-state index is 5.88. The van der Waals surface area contributed by atoms with E-state index in [-0.39, 0.29) is 12.1 Å². The molecule has 1 saturated heterocycles. The summed E-state index contributed by atoms with van der Waals surface area (Å²) in [6, 6.07) is 7.98. The quantitative estimate of drug-likeness (QED) is 0.634. The van der Waals surface area contributed by atoms with Crippen molar-refractivity contribution >= 4 is 11.6 Å². The SMILES string of the molecule is CN1CCOC(C(Cc2ccc(Cl)cc2)NN)C1. The molecule has 3 N–H and O–H groups in total. The average Bonchev–Trinajstić information content (AvgIpc) is 2.38. The number of hydrazine groups is 1. The first-order valence-electron chi connectivity index (χ1n) is 6.20. The predicted molar refractivity (Wildman–Crippen MR) is 73.5 cm³/mol. The van der Waals surface area contributed by atoms with E-state index < -0.39 is 0 Å². The maximum Gasteiger partial charge on any atom is 0.0871 e. The summed E-state index contributed by atoms with van der Waals surface area (Å²) in [4.78, 5) is 2.26. The Morgan fingerprint density at radius 1 is 1.50 bits per heavy atom. The molecule has 1 aromatic rings. The Labute approximate surface area is 113 Å². The van der Waals surface area contributed by atoms with Crippen LogP contribution in [0, 0.1) is 0 Å². The van der Waals surface area contributed by atoms with E-state index in [2.05, 4.69) is 17.4 Å². The van der Waals surface area contributed by atoms with Crippen molar-refractivity contribution in [3.8, 4) is 0 Å². The molecule has 0 spiro atoms. The van der Waals surface area contributed by atoms with Crippen LogP contribution in [0.4, 0.5) is 0 Å². The molecule has 0 bridgehead atoms. The summed E-state index contributed by atoms with van der Waals surface area (Å²) in [5.74, 6) is 5.65. The Hall–Kier alpha value is -0.650. The topological polar surface area (TPSA) is 50.5 Å². The van der Waals surface area contributed by atoms with Crippen LogP contribution in [0.5, 0.6) is 0 Å². The van der Waals surface area contributed by atoms with E-state index in [4.69, 9.17) is 22.2 Å². The second-order valence-electron chi connectivity index (χ2n) is 4.78. The Morgan fingerprint density at radius 2 is 2.22 bits per heavy atom. The minimum absolute atomic E-state index is 0.119. The van der Waals surface area contributed by atoms with Crippen LogP contribution < -0.4 is 11.3 Å². The van der Waals surface area contributed by atoms with Crippen molar-refractivity contribution in [2.75, 3.05) is 26.7 Å². The summed E-state index contributed by atoms with van der Waals surface area (Å²) >= 11 is 5.88. The second-order valence-corrected chi connectivity index (χ2v) is 5.21. The Kier molecular flexibility index (Phi) is 4.97. The van der Waals surface area contributed by atoms with Crippen LogP contribution in [0.2, 0.25) is 5.02 Å². The number of hydrogen-bond acceptors (Lipinski definition) is 4. The van der Waals surface area contributed by atoms with Gasteiger partial charge in [0.1, 0.15) is 0 Å². The lowest BCUT2D eigenvalue weighted by molar-refractivity contribution is -0.0384. The van der Waals surface area contributed by atoms with Crippen LogP contribution in [0.15, 0.2) is 24.3 Å². The van der Waals surface area contributed by atoms with Gasteiger partial charge in [0, 0.05) is 18.1 Å². The summed E-state index contributed by atoms with van der Waals surface area (Å²) in [5.41, 5.74) is 4.08. The Morgan fingerprint density at radius 3 is 2.83 bits per heavy atom. The molecule has 2 unspecified atom stereocenters. The molecule has 1 aliphatic rings. The fourth-order valence-electron chi connectivity index (χ4n) is 2.23. The molecule has 1 aliphatic heterocycles. The lowest BCUT2D eigenvalue weighted by atomic mass is 10.0. The average molecular weight is 270 g/mol. The van der Waals surface area contributed by atoms with Crippen LogP contribution in [-0.2, 0) is 11.2 Å². The molecule has 18 heavy (non-hydrogen) atoms. The van der Waals surface area contributed by atoms with Gasteiger partial charge in [0.2, 0.25) is 0 Å². The highest BCUT2D eigenvalue weighted by Gasteiger charge is 2.26. The first-order valence-corrected chi connectivity index (χ1v) is 6.57. The van der Waals surface area contributed by atoms with Gasteiger partial charge in [0.15, 0.2) is 0 Å². The summed E-state index contributed by atoms with van der Waals surface area (Å²) < 4.78 is 5.79. The molecule has 2 atom stereocenters. The molecule has 4 nitrogen and oxygen atoms in total. The first kappa shape index (κ1) is 13.8. The summed E-state index contributed by atoms with van der Waals surface area (Å²) in [7, 11) is 2.10. The van der Waals surface area contributed by atoms with E-state index in [9.17, 15) is 0 Å². The van der Waals surface area contributed by atoms with Gasteiger partial charge in [0.05, 0.1) is 18.8 Å². The monoisotopic (exact) mass is 269 g/mol. The zero-order valence-electron chi connectivity index (χ0n) is 10.6. The zero-order valence-corrected chi connectivity index (χ0v) is 11.4. The molecule has 1 fully saturated rings. The van der Waals surface area contributed by atoms with Crippen molar-refractivity contribution in [2.24, 2.45) is 5.84 Å². The number of nitrogens with zero attached hydrogens (tertiary/aromatic N) is 1. The van der Waals surface area contributed by atoms with Gasteiger partial charge in [-0.1, -0.05) is 23.7 Å². The Bertz CT molecular complexity index is 371. The summed E-state index contributed by atoms with van der Waals surface area (Å²) in [6.45, 7) is 2.65. The van der Waals surface area contributed by atoms with Gasteiger partial charge in [-0.05, 0) is 31.2 Å². The molecule has 1 aromatic carbocycles. The summed E-state index contributed by atoms with van der Waals surface area (Å²) in [6.07, 6.45) is 0.969. The van der Waals surface area contributed by atoms with E-state index in [1.807, 2.05) is 24.3 Å². The highest BCUT2D eigenvalue weighted by Crippen LogP contribution is 2.14. The molecule has 0 amide bonds. The van der Waals surface area contributed by atoms with Crippen molar-refractivity contribution in [3.05, 3.63) is 34.9 Å². The predicted octanol–water partition coefficient (Wildman–Crippen LogP) is 1.04. The number of hydrogen-bond donors (Lipinski definition) is 2. The lowest BCUT2D eigenvalue weighted by Gasteiger charge is -2.35. The third-order valence-electron chi connectivity index (χ3n) is 3.33. The second kappa shape index (κ2) is 6.50. The number of benzene rings is 1. The van der Waals surface area contributed by atoms with Crippen molar-refractivity contribution in [3.63, 3.8) is 0 Å². The minimum atomic E-state index is 0.119. The van der Waals surface area contributed by atoms with Gasteiger partial charge in [-0.15, -0.1) is 0 Å². The zero-order chi connectivity index (χ0) is 13.0. The van der Waals surface area contributed by atoms with E-state index in [0.717, 1.165) is 31.1 Å². The van der Waals surface area contributed by atoms with Gasteiger partial charge in [0.25, 0.3) is 0 Å². The maximum atomic E-state index is 5.88. The van der Waals surface area contributed by atoms with Gasteiger partial charge < -0.3 is 9.64 Å². The largest absolute Gasteiger partial charge is 0.374 e. The molecule has 0 aromatic heterocycles. The number of likely N-dealkylation sites (N-methyl/N-ethyl adjacent to an activating group) is 1. The fraction of sp³-hybridized carbons (Fsp3) is 0.538. The first-order chi connectivity index (χ1) is 8.69. The van der Waals surface area contributed by atoms with Gasteiger partial charge in [-0.2, -0.15) is 0 Å². The highest BCUT2D eigenvalue weighted by atomic mass is 35.5. The van der Waals surface area contributed by atoms with Crippen LogP contribution in [0.25, 0.3) is 0 Å². The Balaban J connectivity index is 1.98. The van der Waals surface area contributed by atoms with Crippen molar-refractivity contribution in [2.45, 2.75) is 18.6 Å². The smallest absolute Gasteiger partial charge is 0.0871 e. The fourth-order valence-corrected chi connectivity index (χ4v) is 2.35. The van der Waals surface area contributed by atoms with Crippen LogP contribution >= 0.6 is 11.6 Å². The standard InChI is InChI=1S/C13H20ClN3O/c1-17-6-7-18-13(9-17)12(16-15)8-10-2-4-11(14)5-3-10/h2-5,12-13,16H,6-9,15H2,1H3. The van der Waals surface area contributed by atoms with Gasteiger partial charge in [-0.25, -0.2) is 0 Å². The molecular weight excluding hydrogens is 250 g/mol. The van der Waals surface area contributed by atoms with E-state index >= 15 is 0 Å². The molecule has 0 aliphatic carbocycles. The van der Waals surface area contributed by atoms with Crippen LogP contribution in [0.1, 0.15) is 5.56 Å². The molecule has 1 heterocycles. The highest BCUT2D eigenvalue weighted by molar-refractivity contribution is 6.30. The lowest BCUT2D eigenvalue weighted by Crippen LogP contribution is -2.54. The van der Waals surface area contributed by atoms with Crippen molar-refractivity contribution in [1.29, 1.82) is 0 Å². The van der Waals surface area contributed by atoms with Crippen LogP contribution in [-0.4, -0.2) is 43.8 Å². The van der Waals surface area contributed by atoms with E-state index in [1.165, 1.54) is 5.56 Å². The molecule has 2 rings (SSSR count). The molecule has 100 valence electrons. The number of rotatable bonds is 4. The van der Waals surface area contributed by atoms with E-state index in [1.54, 1.807) is 0 Å². The number of morpholine rings is 1. The van der Waals surface area contributed by atoms with Crippen molar-refractivity contribution in [1.82, 2.24) is 10.3 Å². The number of ether oxygens (including phenoxy) is 1.